The minimum atomic E-state index is -1.28. The van der Waals surface area contributed by atoms with Crippen LogP contribution in [0.1, 0.15) is 24.2 Å². The van der Waals surface area contributed by atoms with Crippen molar-refractivity contribution in [3.05, 3.63) is 69.5 Å². The van der Waals surface area contributed by atoms with Gasteiger partial charge < -0.3 is 10.4 Å². The second-order valence-electron chi connectivity index (χ2n) is 4.48. The zero-order chi connectivity index (χ0) is 15.4. The van der Waals surface area contributed by atoms with Crippen LogP contribution in [0.5, 0.6) is 0 Å². The van der Waals surface area contributed by atoms with Crippen molar-refractivity contribution in [1.29, 1.82) is 0 Å². The van der Waals surface area contributed by atoms with Crippen molar-refractivity contribution < 1.29 is 14.4 Å². The van der Waals surface area contributed by atoms with Crippen molar-refractivity contribution >= 4 is 11.4 Å². The minimum absolute atomic E-state index is 0.0807. The monoisotopic (exact) mass is 289 g/mol. The second kappa shape index (κ2) is 6.32. The number of rotatable bonds is 5. The molecule has 0 spiro atoms. The lowest BCUT2D eigenvalue weighted by atomic mass is 9.98. The zero-order valence-electron chi connectivity index (χ0n) is 11.4. The molecular formula is C15H15FN2O3. The van der Waals surface area contributed by atoms with E-state index in [1.807, 2.05) is 6.92 Å². The molecule has 0 aliphatic heterocycles. The molecule has 0 heterocycles. The van der Waals surface area contributed by atoms with E-state index in [-0.39, 0.29) is 16.8 Å². The molecule has 110 valence electrons. The van der Waals surface area contributed by atoms with Gasteiger partial charge in [0.2, 0.25) is 0 Å². The highest BCUT2D eigenvalue weighted by Gasteiger charge is 2.20. The van der Waals surface area contributed by atoms with Gasteiger partial charge in [0.25, 0.3) is 5.69 Å². The molecule has 1 unspecified atom stereocenters. The summed E-state index contributed by atoms with van der Waals surface area (Å²) in [5.41, 5.74) is 0.745. The molecule has 6 heteroatoms. The Hall–Kier alpha value is -2.47. The maximum absolute atomic E-state index is 13.8. The molecule has 0 aromatic heterocycles. The van der Waals surface area contributed by atoms with Crippen molar-refractivity contribution in [2.24, 2.45) is 0 Å². The van der Waals surface area contributed by atoms with Gasteiger partial charge in [-0.05, 0) is 19.1 Å². The van der Waals surface area contributed by atoms with E-state index in [1.165, 1.54) is 36.4 Å². The summed E-state index contributed by atoms with van der Waals surface area (Å²) >= 11 is 0. The number of nitro groups is 1. The first kappa shape index (κ1) is 14.9. The van der Waals surface area contributed by atoms with Crippen LogP contribution in [0, 0.1) is 15.9 Å². The van der Waals surface area contributed by atoms with Crippen LogP contribution in [0.2, 0.25) is 0 Å². The highest BCUT2D eigenvalue weighted by molar-refractivity contribution is 5.58. The van der Waals surface area contributed by atoms with Gasteiger partial charge in [-0.1, -0.05) is 18.2 Å². The Bertz CT molecular complexity index is 661. The van der Waals surface area contributed by atoms with Crippen molar-refractivity contribution in [1.82, 2.24) is 0 Å². The first-order chi connectivity index (χ1) is 10.0. The van der Waals surface area contributed by atoms with E-state index in [2.05, 4.69) is 5.32 Å². The number of anilines is 1. The average Bonchev–Trinajstić information content (AvgIpc) is 2.47. The number of hydrogen-bond donors (Lipinski definition) is 2. The van der Waals surface area contributed by atoms with Crippen LogP contribution >= 0.6 is 0 Å². The van der Waals surface area contributed by atoms with Gasteiger partial charge in [-0.3, -0.25) is 10.1 Å². The van der Waals surface area contributed by atoms with E-state index < -0.39 is 16.8 Å². The summed E-state index contributed by atoms with van der Waals surface area (Å²) in [6.45, 7) is 2.44. The number of nitrogens with one attached hydrogen (secondary N) is 1. The molecule has 5 nitrogen and oxygen atoms in total. The molecule has 2 rings (SSSR count). The summed E-state index contributed by atoms with van der Waals surface area (Å²) in [5, 5.41) is 24.3. The second-order valence-corrected chi connectivity index (χ2v) is 4.48. The molecule has 2 aromatic carbocycles. The van der Waals surface area contributed by atoms with E-state index in [1.54, 1.807) is 6.07 Å². The van der Waals surface area contributed by atoms with Crippen molar-refractivity contribution in [2.75, 3.05) is 11.9 Å². The molecule has 21 heavy (non-hydrogen) atoms. The van der Waals surface area contributed by atoms with Gasteiger partial charge in [-0.25, -0.2) is 4.39 Å². The van der Waals surface area contributed by atoms with Crippen LogP contribution < -0.4 is 5.32 Å². The molecule has 0 aliphatic rings. The van der Waals surface area contributed by atoms with Gasteiger partial charge in [-0.15, -0.1) is 0 Å². The van der Waals surface area contributed by atoms with Gasteiger partial charge >= 0.3 is 0 Å². The number of halogens is 1. The fourth-order valence-corrected chi connectivity index (χ4v) is 2.11. The lowest BCUT2D eigenvalue weighted by molar-refractivity contribution is -0.384. The minimum Gasteiger partial charge on any atom is -0.385 e. The number of aliphatic hydroxyl groups excluding tert-OH is 1. The Labute approximate surface area is 121 Å². The number of non-ortho nitro benzene ring substituents is 1. The van der Waals surface area contributed by atoms with E-state index in [0.717, 1.165) is 0 Å². The Morgan fingerprint density at radius 2 is 2.00 bits per heavy atom. The molecule has 0 aliphatic carbocycles. The topological polar surface area (TPSA) is 75.4 Å². The van der Waals surface area contributed by atoms with Gasteiger partial charge in [-0.2, -0.15) is 0 Å². The third-order valence-electron chi connectivity index (χ3n) is 3.11. The Kier molecular flexibility index (Phi) is 4.49. The molecule has 0 saturated carbocycles. The highest BCUT2D eigenvalue weighted by atomic mass is 18.2. The number of nitro benzene ring substituents is 1. The number of aliphatic hydroxyl groups is 1. The largest absolute Gasteiger partial charge is 0.385 e. The van der Waals surface area contributed by atoms with Crippen LogP contribution in [0.25, 0.3) is 0 Å². The summed E-state index contributed by atoms with van der Waals surface area (Å²) < 4.78 is 13.8. The molecule has 0 saturated heterocycles. The van der Waals surface area contributed by atoms with Crippen LogP contribution in [-0.4, -0.2) is 16.6 Å². The predicted octanol–water partition coefficient (Wildman–Crippen LogP) is 3.25. The fraction of sp³-hybridized carbons (Fsp3) is 0.200. The fourth-order valence-electron chi connectivity index (χ4n) is 2.11. The summed E-state index contributed by atoms with van der Waals surface area (Å²) in [7, 11) is 0. The van der Waals surface area contributed by atoms with Gasteiger partial charge in [0.15, 0.2) is 0 Å². The normalized spacial score (nSPS) is 12.0. The molecule has 2 N–H and O–H groups in total. The first-order valence-corrected chi connectivity index (χ1v) is 6.49. The molecule has 2 aromatic rings. The lowest BCUT2D eigenvalue weighted by Gasteiger charge is -2.17. The van der Waals surface area contributed by atoms with Crippen LogP contribution in [0.3, 0.4) is 0 Å². The maximum atomic E-state index is 13.8. The number of hydrogen-bond acceptors (Lipinski definition) is 4. The molecular weight excluding hydrogens is 274 g/mol. The smallest absolute Gasteiger partial charge is 0.269 e. The van der Waals surface area contributed by atoms with Gasteiger partial charge in [0.05, 0.1) is 4.92 Å². The summed E-state index contributed by atoms with van der Waals surface area (Å²) in [6.07, 6.45) is -1.28. The van der Waals surface area contributed by atoms with Crippen molar-refractivity contribution in [3.63, 3.8) is 0 Å². The van der Waals surface area contributed by atoms with E-state index >= 15 is 0 Å². The Morgan fingerprint density at radius 3 is 2.62 bits per heavy atom. The summed E-state index contributed by atoms with van der Waals surface area (Å²) in [4.78, 5) is 10.3. The molecule has 0 fully saturated rings. The SMILES string of the molecule is CCNc1ccc([N+](=O)[O-])cc1C(O)c1ccccc1[18F]. The molecule has 1 atom stereocenters. The van der Waals surface area contributed by atoms with Gasteiger partial charge in [0, 0.05) is 35.5 Å². The third-order valence-corrected chi connectivity index (χ3v) is 3.11. The predicted molar refractivity (Wildman–Crippen MR) is 77.7 cm³/mol. The molecule has 0 amide bonds. The van der Waals surface area contributed by atoms with Crippen molar-refractivity contribution in [2.45, 2.75) is 13.0 Å². The molecule has 0 bridgehead atoms. The quantitative estimate of drug-likeness (QED) is 0.654. The molecule has 0 radical (unpaired) electrons. The Morgan fingerprint density at radius 1 is 1.29 bits per heavy atom. The zero-order valence-corrected chi connectivity index (χ0v) is 11.4. The third kappa shape index (κ3) is 3.17. The van der Waals surface area contributed by atoms with Crippen molar-refractivity contribution in [3.8, 4) is 0 Å². The van der Waals surface area contributed by atoms with Gasteiger partial charge in [0.1, 0.15) is 11.9 Å². The van der Waals surface area contributed by atoms with Crippen LogP contribution in [-0.2, 0) is 0 Å². The van der Waals surface area contributed by atoms with Crippen LogP contribution in [0.15, 0.2) is 42.5 Å². The number of benzene rings is 2. The maximum Gasteiger partial charge on any atom is 0.269 e. The summed E-state index contributed by atoms with van der Waals surface area (Å²) in [5.74, 6) is -0.557. The summed E-state index contributed by atoms with van der Waals surface area (Å²) in [6, 6.07) is 9.93. The van der Waals surface area contributed by atoms with Crippen LogP contribution in [0.4, 0.5) is 15.8 Å². The van der Waals surface area contributed by atoms with E-state index in [4.69, 9.17) is 0 Å². The highest BCUT2D eigenvalue weighted by Crippen LogP contribution is 2.32. The average molecular weight is 289 g/mol. The first-order valence-electron chi connectivity index (χ1n) is 6.49. The lowest BCUT2D eigenvalue weighted by Crippen LogP contribution is -2.08. The standard InChI is InChI=1S/C15H15FN2O3/c1-2-17-14-8-7-10(18(20)21)9-12(14)15(19)11-5-3-4-6-13(11)16/h3-9,15,17,19H,2H2,1H3/i16-1. The van der Waals surface area contributed by atoms with E-state index in [0.29, 0.717) is 12.2 Å². The Balaban J connectivity index is 2.51. The number of nitrogens with zero attached hydrogens (tertiary/aromatic N) is 1. The van der Waals surface area contributed by atoms with E-state index in [9.17, 15) is 19.6 Å².